The van der Waals surface area contributed by atoms with Gasteiger partial charge in [0.1, 0.15) is 6.04 Å². The maximum atomic E-state index is 13.5. The molecule has 2 heterocycles. The maximum Gasteiger partial charge on any atom is 0.471 e. The molecule has 0 unspecified atom stereocenters. The Morgan fingerprint density at radius 3 is 2.17 bits per heavy atom. The molecule has 2 aromatic rings. The summed E-state index contributed by atoms with van der Waals surface area (Å²) in [5, 5.41) is 8.27. The van der Waals surface area contributed by atoms with E-state index in [1.807, 2.05) is 47.3 Å². The van der Waals surface area contributed by atoms with Crippen molar-refractivity contribution in [3.63, 3.8) is 0 Å². The molecule has 7 nitrogen and oxygen atoms in total. The molecule has 0 saturated heterocycles. The first-order valence-electron chi connectivity index (χ1n) is 11.3. The fourth-order valence-corrected chi connectivity index (χ4v) is 4.58. The van der Waals surface area contributed by atoms with Crippen molar-refractivity contribution in [3.8, 4) is 0 Å². The topological polar surface area (TPSA) is 87.7 Å². The monoisotopic (exact) mass is 533 g/mol. The summed E-state index contributed by atoms with van der Waals surface area (Å²) >= 11 is 3.03. The number of carbonyl (C=O) groups is 3. The van der Waals surface area contributed by atoms with Crippen LogP contribution < -0.4 is 10.6 Å². The van der Waals surface area contributed by atoms with E-state index in [2.05, 4.69) is 5.32 Å². The SMILES string of the molecule is CCCCOC(=O)N[C@@H](CCCCNC(=O)C(F)(F)F)C(=O)N(Cc1cccs1)Cc1cccs1. The smallest absolute Gasteiger partial charge is 0.450 e. The lowest BCUT2D eigenvalue weighted by molar-refractivity contribution is -0.173. The van der Waals surface area contributed by atoms with Gasteiger partial charge in [-0.2, -0.15) is 13.2 Å². The van der Waals surface area contributed by atoms with Crippen molar-refractivity contribution in [2.24, 2.45) is 0 Å². The molecule has 0 saturated carbocycles. The number of carbonyl (C=O) groups excluding carboxylic acids is 3. The van der Waals surface area contributed by atoms with E-state index in [-0.39, 0.29) is 31.9 Å². The lowest BCUT2D eigenvalue weighted by Crippen LogP contribution is -2.48. The van der Waals surface area contributed by atoms with Gasteiger partial charge in [-0.15, -0.1) is 22.7 Å². The Labute approximate surface area is 210 Å². The number of halogens is 3. The number of ether oxygens (including phenoxy) is 1. The Kier molecular flexibility index (Phi) is 12.0. The molecule has 0 radical (unpaired) electrons. The van der Waals surface area contributed by atoms with E-state index in [1.165, 1.54) is 22.7 Å². The van der Waals surface area contributed by atoms with Crippen LogP contribution in [0.4, 0.5) is 18.0 Å². The highest BCUT2D eigenvalue weighted by Gasteiger charge is 2.38. The Morgan fingerprint density at radius 2 is 1.66 bits per heavy atom. The van der Waals surface area contributed by atoms with Crippen molar-refractivity contribution in [2.45, 2.75) is 64.3 Å². The molecule has 0 aromatic carbocycles. The summed E-state index contributed by atoms with van der Waals surface area (Å²) < 4.78 is 42.2. The van der Waals surface area contributed by atoms with Crippen molar-refractivity contribution in [2.75, 3.05) is 13.2 Å². The van der Waals surface area contributed by atoms with Gasteiger partial charge < -0.3 is 20.3 Å². The molecule has 0 fully saturated rings. The van der Waals surface area contributed by atoms with E-state index in [4.69, 9.17) is 4.74 Å². The van der Waals surface area contributed by atoms with Crippen molar-refractivity contribution in [1.82, 2.24) is 15.5 Å². The molecule has 1 atom stereocenters. The number of amides is 3. The summed E-state index contributed by atoms with van der Waals surface area (Å²) in [7, 11) is 0. The van der Waals surface area contributed by atoms with Gasteiger partial charge in [0, 0.05) is 16.3 Å². The van der Waals surface area contributed by atoms with Gasteiger partial charge in [0.15, 0.2) is 0 Å². The fourth-order valence-electron chi connectivity index (χ4n) is 3.14. The van der Waals surface area contributed by atoms with Crippen molar-refractivity contribution in [1.29, 1.82) is 0 Å². The number of nitrogens with zero attached hydrogens (tertiary/aromatic N) is 1. The number of unbranched alkanes of at least 4 members (excludes halogenated alkanes) is 2. The highest BCUT2D eigenvalue weighted by molar-refractivity contribution is 7.10. The molecular weight excluding hydrogens is 503 g/mol. The number of hydrogen-bond acceptors (Lipinski definition) is 6. The summed E-state index contributed by atoms with van der Waals surface area (Å²) in [6.07, 6.45) is -3.40. The number of alkyl carbamates (subject to hydrolysis) is 1. The first-order chi connectivity index (χ1) is 16.7. The molecule has 12 heteroatoms. The van der Waals surface area contributed by atoms with E-state index in [1.54, 1.807) is 4.90 Å². The van der Waals surface area contributed by atoms with E-state index in [0.29, 0.717) is 25.9 Å². The Hall–Kier alpha value is -2.60. The predicted molar refractivity (Wildman–Crippen MR) is 129 cm³/mol. The van der Waals surface area contributed by atoms with Gasteiger partial charge in [-0.1, -0.05) is 25.5 Å². The van der Waals surface area contributed by atoms with Crippen LogP contribution in [0.25, 0.3) is 0 Å². The van der Waals surface area contributed by atoms with Crippen molar-refractivity contribution < 1.29 is 32.3 Å². The summed E-state index contributed by atoms with van der Waals surface area (Å²) in [5.74, 6) is -2.31. The summed E-state index contributed by atoms with van der Waals surface area (Å²) in [6.45, 7) is 2.71. The van der Waals surface area contributed by atoms with Gasteiger partial charge in [-0.3, -0.25) is 9.59 Å². The van der Waals surface area contributed by atoms with Gasteiger partial charge in [0.2, 0.25) is 5.91 Å². The molecule has 2 N–H and O–H groups in total. The van der Waals surface area contributed by atoms with Crippen LogP contribution >= 0.6 is 22.7 Å². The third kappa shape index (κ3) is 10.7. The lowest BCUT2D eigenvalue weighted by Gasteiger charge is -2.27. The van der Waals surface area contributed by atoms with Crippen LogP contribution in [-0.2, 0) is 27.4 Å². The molecule has 0 bridgehead atoms. The van der Waals surface area contributed by atoms with E-state index in [9.17, 15) is 27.6 Å². The van der Waals surface area contributed by atoms with Gasteiger partial charge in [-0.25, -0.2) is 4.79 Å². The molecule has 3 amide bonds. The van der Waals surface area contributed by atoms with Crippen molar-refractivity contribution >= 4 is 40.6 Å². The zero-order valence-corrected chi connectivity index (χ0v) is 21.1. The minimum Gasteiger partial charge on any atom is -0.450 e. The molecule has 0 aliphatic carbocycles. The number of rotatable bonds is 14. The average Bonchev–Trinajstić information content (AvgIpc) is 3.51. The second kappa shape index (κ2) is 14.7. The Balaban J connectivity index is 2.04. The molecule has 0 aliphatic heterocycles. The third-order valence-corrected chi connectivity index (χ3v) is 6.67. The first-order valence-corrected chi connectivity index (χ1v) is 13.1. The highest BCUT2D eigenvalue weighted by atomic mass is 32.1. The van der Waals surface area contributed by atoms with Crippen LogP contribution in [-0.4, -0.2) is 48.2 Å². The van der Waals surface area contributed by atoms with Crippen LogP contribution in [0.2, 0.25) is 0 Å². The Morgan fingerprint density at radius 1 is 1.03 bits per heavy atom. The van der Waals surface area contributed by atoms with Crippen LogP contribution in [0.5, 0.6) is 0 Å². The first kappa shape index (κ1) is 28.6. The molecule has 0 aliphatic rings. The fraction of sp³-hybridized carbons (Fsp3) is 0.522. The lowest BCUT2D eigenvalue weighted by atomic mass is 10.1. The third-order valence-electron chi connectivity index (χ3n) is 4.95. The van der Waals surface area contributed by atoms with Gasteiger partial charge in [0.25, 0.3) is 0 Å². The number of alkyl halides is 3. The normalized spacial score (nSPS) is 12.1. The maximum absolute atomic E-state index is 13.5. The van der Waals surface area contributed by atoms with E-state index < -0.39 is 24.2 Å². The van der Waals surface area contributed by atoms with E-state index in [0.717, 1.165) is 16.2 Å². The number of hydrogen-bond donors (Lipinski definition) is 2. The predicted octanol–water partition coefficient (Wildman–Crippen LogP) is 5.08. The largest absolute Gasteiger partial charge is 0.471 e. The number of thiophene rings is 2. The second-order valence-corrected chi connectivity index (χ2v) is 9.85. The van der Waals surface area contributed by atoms with Crippen LogP contribution in [0.1, 0.15) is 48.8 Å². The van der Waals surface area contributed by atoms with Gasteiger partial charge >= 0.3 is 18.2 Å². The van der Waals surface area contributed by atoms with Gasteiger partial charge in [-0.05, 0) is 48.6 Å². The standard InChI is InChI=1S/C23H30F3N3O4S2/c1-2-3-12-33-22(32)28-19(10-4-5-11-27-21(31)23(24,25)26)20(30)29(15-17-8-6-13-34-17)16-18-9-7-14-35-18/h6-9,13-14,19H,2-5,10-12,15-16H2,1H3,(H,27,31)(H,28,32)/t19-/m0/s1. The minimum atomic E-state index is -4.94. The van der Waals surface area contributed by atoms with Crippen LogP contribution in [0.15, 0.2) is 35.0 Å². The molecule has 2 aromatic heterocycles. The van der Waals surface area contributed by atoms with Crippen LogP contribution in [0.3, 0.4) is 0 Å². The quantitative estimate of drug-likeness (QED) is 0.332. The van der Waals surface area contributed by atoms with Gasteiger partial charge in [0.05, 0.1) is 19.7 Å². The number of nitrogens with one attached hydrogen (secondary N) is 2. The minimum absolute atomic E-state index is 0.186. The zero-order valence-electron chi connectivity index (χ0n) is 19.4. The highest BCUT2D eigenvalue weighted by Crippen LogP contribution is 2.19. The Bertz CT molecular complexity index is 870. The summed E-state index contributed by atoms with van der Waals surface area (Å²) in [4.78, 5) is 40.4. The summed E-state index contributed by atoms with van der Waals surface area (Å²) in [6, 6.07) is 6.71. The second-order valence-electron chi connectivity index (χ2n) is 7.79. The molecule has 35 heavy (non-hydrogen) atoms. The van der Waals surface area contributed by atoms with E-state index >= 15 is 0 Å². The van der Waals surface area contributed by atoms with Crippen molar-refractivity contribution in [3.05, 3.63) is 44.8 Å². The molecular formula is C23H30F3N3O4S2. The molecule has 2 rings (SSSR count). The zero-order chi connectivity index (χ0) is 25.7. The average molecular weight is 534 g/mol. The molecule has 194 valence electrons. The molecule has 0 spiro atoms. The van der Waals surface area contributed by atoms with Crippen LogP contribution in [0, 0.1) is 0 Å². The summed E-state index contributed by atoms with van der Waals surface area (Å²) in [5.41, 5.74) is 0.